The van der Waals surface area contributed by atoms with Gasteiger partial charge in [-0.25, -0.2) is 4.79 Å². The zero-order chi connectivity index (χ0) is 20.1. The highest BCUT2D eigenvalue weighted by molar-refractivity contribution is 6.80. The molecule has 0 aromatic heterocycles. The minimum absolute atomic E-state index is 0.264. The first-order chi connectivity index (χ1) is 13.4. The summed E-state index contributed by atoms with van der Waals surface area (Å²) in [6.45, 7) is 6.28. The summed E-state index contributed by atoms with van der Waals surface area (Å²) in [5.74, 6) is -0.925. The number of rotatable bonds is 6. The van der Waals surface area contributed by atoms with Crippen LogP contribution in [0.3, 0.4) is 0 Å². The molecule has 3 nitrogen and oxygen atoms in total. The summed E-state index contributed by atoms with van der Waals surface area (Å²) in [7, 11) is -2.02. The molecule has 0 saturated carbocycles. The Morgan fingerprint density at radius 3 is 1.75 bits per heavy atom. The molecule has 0 bridgehead atoms. The van der Waals surface area contributed by atoms with E-state index in [0.29, 0.717) is 5.56 Å². The Morgan fingerprint density at radius 2 is 1.29 bits per heavy atom. The molecule has 3 rings (SSSR count). The zero-order valence-corrected chi connectivity index (χ0v) is 17.7. The van der Waals surface area contributed by atoms with Crippen LogP contribution in [0.15, 0.2) is 84.9 Å². The Bertz CT molecular complexity index is 878. The molecule has 1 unspecified atom stereocenters. The molecule has 3 aromatic rings. The summed E-state index contributed by atoms with van der Waals surface area (Å²) >= 11 is 0. The summed E-state index contributed by atoms with van der Waals surface area (Å²) in [5.41, 5.74) is 0.767. The van der Waals surface area contributed by atoms with E-state index < -0.39 is 15.0 Å². The van der Waals surface area contributed by atoms with Crippen molar-refractivity contribution in [3.8, 4) is 0 Å². The molecule has 0 heterocycles. The summed E-state index contributed by atoms with van der Waals surface area (Å²) in [6, 6.07) is 27.7. The largest absolute Gasteiger partial charge is 0.478 e. The van der Waals surface area contributed by atoms with Crippen LogP contribution in [0.5, 0.6) is 0 Å². The lowest BCUT2D eigenvalue weighted by molar-refractivity contribution is 0.0665. The van der Waals surface area contributed by atoms with E-state index in [1.165, 1.54) is 10.4 Å². The topological polar surface area (TPSA) is 46.5 Å². The van der Waals surface area contributed by atoms with Crippen LogP contribution in [-0.4, -0.2) is 20.1 Å². The van der Waals surface area contributed by atoms with Crippen molar-refractivity contribution in [1.29, 1.82) is 0 Å². The van der Waals surface area contributed by atoms with Crippen molar-refractivity contribution in [3.05, 3.63) is 96.1 Å². The molecule has 0 fully saturated rings. The quantitative estimate of drug-likeness (QED) is 0.647. The molecular weight excluding hydrogens is 364 g/mol. The maximum absolute atomic E-state index is 11.8. The fourth-order valence-corrected chi connectivity index (χ4v) is 6.08. The van der Waals surface area contributed by atoms with Crippen molar-refractivity contribution in [2.45, 2.75) is 26.9 Å². The number of hydrogen-bond acceptors (Lipinski definition) is 2. The predicted octanol–water partition coefficient (Wildman–Crippen LogP) is 4.03. The van der Waals surface area contributed by atoms with Crippen LogP contribution < -0.4 is 10.4 Å². The van der Waals surface area contributed by atoms with Crippen molar-refractivity contribution in [3.63, 3.8) is 0 Å². The van der Waals surface area contributed by atoms with Crippen LogP contribution in [0.2, 0.25) is 0 Å². The van der Waals surface area contributed by atoms with Gasteiger partial charge in [0.25, 0.3) is 0 Å². The lowest BCUT2D eigenvalue weighted by Crippen LogP contribution is -2.47. The lowest BCUT2D eigenvalue weighted by Gasteiger charge is -2.35. The monoisotopic (exact) mass is 390 g/mol. The number of hydrogen-bond donors (Lipinski definition) is 1. The van der Waals surface area contributed by atoms with Gasteiger partial charge in [-0.05, 0) is 27.4 Å². The van der Waals surface area contributed by atoms with E-state index in [4.69, 9.17) is 4.43 Å². The second kappa shape index (κ2) is 8.55. The Morgan fingerprint density at radius 1 is 0.821 bits per heavy atom. The Kier molecular flexibility index (Phi) is 6.12. The normalized spacial score (nSPS) is 12.7. The molecule has 1 N–H and O–H groups in total. The molecule has 144 valence electrons. The lowest BCUT2D eigenvalue weighted by atomic mass is 9.83. The Balaban J connectivity index is 2.09. The van der Waals surface area contributed by atoms with E-state index in [2.05, 4.69) is 45.0 Å². The maximum Gasteiger partial charge on any atom is 0.336 e. The van der Waals surface area contributed by atoms with Gasteiger partial charge in [0, 0.05) is 0 Å². The molecule has 1 atom stereocenters. The van der Waals surface area contributed by atoms with Crippen molar-refractivity contribution in [2.75, 3.05) is 0 Å². The summed E-state index contributed by atoms with van der Waals surface area (Å²) in [4.78, 5) is 11.8. The zero-order valence-electron chi connectivity index (χ0n) is 16.5. The Labute approximate surface area is 168 Å². The second-order valence-corrected chi connectivity index (χ2v) is 10.3. The van der Waals surface area contributed by atoms with Crippen LogP contribution in [0.25, 0.3) is 0 Å². The number of aromatic carboxylic acids is 1. The maximum atomic E-state index is 11.8. The first kappa shape index (κ1) is 20.1. The van der Waals surface area contributed by atoms with Gasteiger partial charge >= 0.3 is 5.97 Å². The van der Waals surface area contributed by atoms with Gasteiger partial charge in [-0.3, -0.25) is 0 Å². The fourth-order valence-electron chi connectivity index (χ4n) is 3.41. The number of benzene rings is 3. The van der Waals surface area contributed by atoms with Crippen molar-refractivity contribution in [1.82, 2.24) is 0 Å². The highest BCUT2D eigenvalue weighted by Crippen LogP contribution is 2.38. The summed E-state index contributed by atoms with van der Waals surface area (Å²) < 4.78 is 6.84. The molecule has 28 heavy (non-hydrogen) atoms. The van der Waals surface area contributed by atoms with Gasteiger partial charge in [0.2, 0.25) is 9.04 Å². The molecular formula is C24H26O3Si. The van der Waals surface area contributed by atoms with E-state index in [1.807, 2.05) is 48.5 Å². The smallest absolute Gasteiger partial charge is 0.336 e. The van der Waals surface area contributed by atoms with Gasteiger partial charge in [0.15, 0.2) is 0 Å². The first-order valence-electron chi connectivity index (χ1n) is 9.45. The van der Waals surface area contributed by atoms with Crippen LogP contribution >= 0.6 is 0 Å². The van der Waals surface area contributed by atoms with Gasteiger partial charge in [-0.2, -0.15) is 0 Å². The molecule has 0 spiro atoms. The van der Waals surface area contributed by atoms with E-state index in [9.17, 15) is 9.90 Å². The van der Waals surface area contributed by atoms with Crippen LogP contribution in [0, 0.1) is 5.41 Å². The van der Waals surface area contributed by atoms with E-state index >= 15 is 0 Å². The average Bonchev–Trinajstić information content (AvgIpc) is 2.69. The Hall–Kier alpha value is -2.69. The molecule has 0 saturated heterocycles. The predicted molar refractivity (Wildman–Crippen MR) is 116 cm³/mol. The van der Waals surface area contributed by atoms with E-state index in [-0.39, 0.29) is 11.5 Å². The van der Waals surface area contributed by atoms with Crippen LogP contribution in [0.1, 0.15) is 42.8 Å². The highest BCUT2D eigenvalue weighted by Gasteiger charge is 2.34. The first-order valence-corrected chi connectivity index (χ1v) is 11.1. The van der Waals surface area contributed by atoms with Gasteiger partial charge in [-0.15, -0.1) is 0 Å². The SMILES string of the molecule is CC(C)(C)C(O[SiH](c1ccccc1)c1ccccc1)c1ccccc1C(=O)O. The van der Waals surface area contributed by atoms with Crippen molar-refractivity contribution in [2.24, 2.45) is 5.41 Å². The fraction of sp³-hybridized carbons (Fsp3) is 0.208. The number of carboxylic acid groups (broad SMARTS) is 1. The van der Waals surface area contributed by atoms with E-state index in [0.717, 1.165) is 5.56 Å². The van der Waals surface area contributed by atoms with Gasteiger partial charge in [0.05, 0.1) is 11.7 Å². The van der Waals surface area contributed by atoms with Crippen LogP contribution in [-0.2, 0) is 4.43 Å². The second-order valence-electron chi connectivity index (χ2n) is 7.98. The molecule has 0 aliphatic rings. The summed E-state index contributed by atoms with van der Waals surface area (Å²) in [6.07, 6.45) is -0.336. The third kappa shape index (κ3) is 4.58. The molecule has 0 amide bonds. The molecule has 0 radical (unpaired) electrons. The summed E-state index contributed by atoms with van der Waals surface area (Å²) in [5, 5.41) is 12.1. The van der Waals surface area contributed by atoms with Gasteiger partial charge in [0.1, 0.15) is 0 Å². The van der Waals surface area contributed by atoms with Gasteiger partial charge in [-0.1, -0.05) is 99.6 Å². The third-order valence-corrected chi connectivity index (χ3v) is 7.26. The van der Waals surface area contributed by atoms with Crippen molar-refractivity contribution < 1.29 is 14.3 Å². The minimum atomic E-state index is -2.02. The van der Waals surface area contributed by atoms with Gasteiger partial charge < -0.3 is 9.53 Å². The molecule has 4 heteroatoms. The van der Waals surface area contributed by atoms with Crippen molar-refractivity contribution >= 4 is 25.4 Å². The van der Waals surface area contributed by atoms with E-state index in [1.54, 1.807) is 12.1 Å². The third-order valence-electron chi connectivity index (χ3n) is 4.74. The standard InChI is InChI=1S/C24H26O3Si/c1-24(2,3)22(20-16-10-11-17-21(20)23(25)26)27-28(18-12-6-4-7-13-18)19-14-8-5-9-15-19/h4-17,22,28H,1-3H3,(H,25,26). The molecule has 0 aliphatic heterocycles. The molecule has 0 aliphatic carbocycles. The molecule has 3 aromatic carbocycles. The average molecular weight is 391 g/mol. The minimum Gasteiger partial charge on any atom is -0.478 e. The number of carboxylic acids is 1. The number of carbonyl (C=O) groups is 1. The van der Waals surface area contributed by atoms with Crippen LogP contribution in [0.4, 0.5) is 0 Å². The highest BCUT2D eigenvalue weighted by atomic mass is 28.3.